The highest BCUT2D eigenvalue weighted by molar-refractivity contribution is 5.95. The van der Waals surface area contributed by atoms with Crippen LogP contribution in [0.25, 0.3) is 21.9 Å². The van der Waals surface area contributed by atoms with E-state index in [1.54, 1.807) is 0 Å². The number of aromatic nitrogens is 2. The van der Waals surface area contributed by atoms with E-state index in [-0.39, 0.29) is 11.8 Å². The molecule has 0 bridgehead atoms. The Morgan fingerprint density at radius 3 is 2.56 bits per heavy atom. The zero-order valence-electron chi connectivity index (χ0n) is 18.4. The number of amides is 1. The SMILES string of the molecule is O=C(Nc1cc2cc(-c3cncc(NC4CCNCC4)c3)ccc2cn1)C1CCCCC1. The molecule has 0 unspecified atom stereocenters. The molecule has 0 atom stereocenters. The second-order valence-electron chi connectivity index (χ2n) is 9.09. The standard InChI is InChI=1S/C26H31N5O/c32-26(18-4-2-1-3-5-18)31-25-14-21-12-19(6-7-20(21)16-29-25)22-13-24(17-28-15-22)30-23-8-10-27-11-9-23/h6-7,12-18,23,27,30H,1-5,8-11H2,(H,29,31,32). The summed E-state index contributed by atoms with van der Waals surface area (Å²) in [5, 5.41) is 12.2. The lowest BCUT2D eigenvalue weighted by Gasteiger charge is -2.24. The van der Waals surface area contributed by atoms with Gasteiger partial charge in [0.25, 0.3) is 0 Å². The second-order valence-corrected chi connectivity index (χ2v) is 9.09. The van der Waals surface area contributed by atoms with Crippen molar-refractivity contribution in [3.05, 3.63) is 48.9 Å². The molecular weight excluding hydrogens is 398 g/mol. The van der Waals surface area contributed by atoms with Gasteiger partial charge in [0.2, 0.25) is 5.91 Å². The number of anilines is 2. The Kier molecular flexibility index (Phi) is 6.30. The average Bonchev–Trinajstić information content (AvgIpc) is 2.85. The number of piperidine rings is 1. The summed E-state index contributed by atoms with van der Waals surface area (Å²) in [5.74, 6) is 0.854. The fourth-order valence-corrected chi connectivity index (χ4v) is 4.86. The van der Waals surface area contributed by atoms with E-state index < -0.39 is 0 Å². The van der Waals surface area contributed by atoms with E-state index in [9.17, 15) is 4.79 Å². The number of nitrogens with zero attached hydrogens (tertiary/aromatic N) is 2. The first-order valence-corrected chi connectivity index (χ1v) is 11.9. The third-order valence-electron chi connectivity index (χ3n) is 6.73. The lowest BCUT2D eigenvalue weighted by Crippen LogP contribution is -2.35. The number of pyridine rings is 2. The molecule has 2 aromatic heterocycles. The van der Waals surface area contributed by atoms with Gasteiger partial charge in [-0.1, -0.05) is 31.4 Å². The van der Waals surface area contributed by atoms with Gasteiger partial charge in [0.15, 0.2) is 0 Å². The maximum atomic E-state index is 12.6. The first kappa shape index (κ1) is 20.9. The van der Waals surface area contributed by atoms with Gasteiger partial charge in [0.05, 0.1) is 5.69 Å². The summed E-state index contributed by atoms with van der Waals surface area (Å²) in [4.78, 5) is 21.6. The number of benzene rings is 1. The minimum atomic E-state index is 0.105. The van der Waals surface area contributed by atoms with Crippen LogP contribution in [0.2, 0.25) is 0 Å². The number of carbonyl (C=O) groups is 1. The number of hydrogen-bond donors (Lipinski definition) is 3. The Labute approximate surface area is 189 Å². The number of rotatable bonds is 5. The number of hydrogen-bond acceptors (Lipinski definition) is 5. The summed E-state index contributed by atoms with van der Waals surface area (Å²) in [6.07, 6.45) is 13.4. The van der Waals surface area contributed by atoms with Gasteiger partial charge in [-0.25, -0.2) is 4.98 Å². The Morgan fingerprint density at radius 2 is 1.72 bits per heavy atom. The minimum Gasteiger partial charge on any atom is -0.381 e. The van der Waals surface area contributed by atoms with E-state index in [1.807, 2.05) is 24.7 Å². The Morgan fingerprint density at radius 1 is 0.875 bits per heavy atom. The Balaban J connectivity index is 1.34. The van der Waals surface area contributed by atoms with Crippen molar-refractivity contribution in [2.45, 2.75) is 51.0 Å². The molecule has 1 saturated heterocycles. The van der Waals surface area contributed by atoms with Crippen LogP contribution in [-0.4, -0.2) is 35.0 Å². The molecule has 2 fully saturated rings. The van der Waals surface area contributed by atoms with Gasteiger partial charge in [-0.15, -0.1) is 0 Å². The van der Waals surface area contributed by atoms with Crippen molar-refractivity contribution >= 4 is 28.2 Å². The summed E-state index contributed by atoms with van der Waals surface area (Å²) in [6.45, 7) is 2.12. The molecule has 2 aliphatic rings. The molecule has 166 valence electrons. The van der Waals surface area contributed by atoms with Crippen molar-refractivity contribution in [3.8, 4) is 11.1 Å². The molecule has 1 aromatic carbocycles. The Bertz CT molecular complexity index is 1090. The van der Waals surface area contributed by atoms with Crippen molar-refractivity contribution in [1.82, 2.24) is 15.3 Å². The van der Waals surface area contributed by atoms with Crippen LogP contribution in [0.4, 0.5) is 11.5 Å². The van der Waals surface area contributed by atoms with Crippen LogP contribution >= 0.6 is 0 Å². The summed E-state index contributed by atoms with van der Waals surface area (Å²) < 4.78 is 0. The minimum absolute atomic E-state index is 0.105. The van der Waals surface area contributed by atoms with Gasteiger partial charge < -0.3 is 16.0 Å². The molecule has 5 rings (SSSR count). The molecule has 0 spiro atoms. The highest BCUT2D eigenvalue weighted by Crippen LogP contribution is 2.28. The molecule has 1 saturated carbocycles. The van der Waals surface area contributed by atoms with E-state index in [0.717, 1.165) is 79.2 Å². The van der Waals surface area contributed by atoms with E-state index in [0.29, 0.717) is 11.9 Å². The first-order valence-electron chi connectivity index (χ1n) is 11.9. The highest BCUT2D eigenvalue weighted by atomic mass is 16.1. The molecule has 3 aromatic rings. The molecule has 1 aliphatic carbocycles. The topological polar surface area (TPSA) is 78.9 Å². The fraction of sp³-hybridized carbons (Fsp3) is 0.423. The average molecular weight is 430 g/mol. The largest absolute Gasteiger partial charge is 0.381 e. The molecule has 1 amide bonds. The van der Waals surface area contributed by atoms with Crippen LogP contribution < -0.4 is 16.0 Å². The zero-order valence-corrected chi connectivity index (χ0v) is 18.4. The predicted molar refractivity (Wildman–Crippen MR) is 130 cm³/mol. The first-order chi connectivity index (χ1) is 15.7. The van der Waals surface area contributed by atoms with Crippen LogP contribution in [0, 0.1) is 5.92 Å². The summed E-state index contributed by atoms with van der Waals surface area (Å²) >= 11 is 0. The van der Waals surface area contributed by atoms with Crippen LogP contribution in [0.15, 0.2) is 48.9 Å². The van der Waals surface area contributed by atoms with E-state index in [4.69, 9.17) is 0 Å². The number of nitrogens with one attached hydrogen (secondary N) is 3. The van der Waals surface area contributed by atoms with Gasteiger partial charge in [-0.05, 0) is 67.9 Å². The van der Waals surface area contributed by atoms with Crippen LogP contribution in [-0.2, 0) is 4.79 Å². The molecule has 3 N–H and O–H groups in total. The maximum Gasteiger partial charge on any atom is 0.228 e. The van der Waals surface area contributed by atoms with Crippen LogP contribution in [0.3, 0.4) is 0 Å². The van der Waals surface area contributed by atoms with Crippen molar-refractivity contribution in [2.24, 2.45) is 5.92 Å². The van der Waals surface area contributed by atoms with Gasteiger partial charge in [0.1, 0.15) is 5.82 Å². The van der Waals surface area contributed by atoms with E-state index >= 15 is 0 Å². The lowest BCUT2D eigenvalue weighted by molar-refractivity contribution is -0.120. The highest BCUT2D eigenvalue weighted by Gasteiger charge is 2.21. The predicted octanol–water partition coefficient (Wildman–Crippen LogP) is 4.98. The molecule has 0 radical (unpaired) electrons. The van der Waals surface area contributed by atoms with Gasteiger partial charge in [0, 0.05) is 41.5 Å². The van der Waals surface area contributed by atoms with Crippen LogP contribution in [0.5, 0.6) is 0 Å². The summed E-state index contributed by atoms with van der Waals surface area (Å²) in [5.41, 5.74) is 3.25. The van der Waals surface area contributed by atoms with Gasteiger partial charge >= 0.3 is 0 Å². The smallest absolute Gasteiger partial charge is 0.228 e. The number of carbonyl (C=O) groups excluding carboxylic acids is 1. The van der Waals surface area contributed by atoms with Gasteiger partial charge in [-0.3, -0.25) is 9.78 Å². The molecular formula is C26H31N5O. The lowest BCUT2D eigenvalue weighted by atomic mass is 9.89. The third-order valence-corrected chi connectivity index (χ3v) is 6.73. The molecule has 32 heavy (non-hydrogen) atoms. The van der Waals surface area contributed by atoms with Crippen molar-refractivity contribution in [2.75, 3.05) is 23.7 Å². The molecule has 1 aliphatic heterocycles. The summed E-state index contributed by atoms with van der Waals surface area (Å²) in [6, 6.07) is 11.0. The zero-order chi connectivity index (χ0) is 21.8. The van der Waals surface area contributed by atoms with E-state index in [1.165, 1.54) is 6.42 Å². The quantitative estimate of drug-likeness (QED) is 0.533. The maximum absolute atomic E-state index is 12.6. The molecule has 3 heterocycles. The van der Waals surface area contributed by atoms with Gasteiger partial charge in [-0.2, -0.15) is 0 Å². The van der Waals surface area contributed by atoms with Crippen molar-refractivity contribution in [3.63, 3.8) is 0 Å². The van der Waals surface area contributed by atoms with Crippen molar-refractivity contribution < 1.29 is 4.79 Å². The monoisotopic (exact) mass is 429 g/mol. The third kappa shape index (κ3) is 4.91. The van der Waals surface area contributed by atoms with Crippen molar-refractivity contribution in [1.29, 1.82) is 0 Å². The van der Waals surface area contributed by atoms with E-state index in [2.05, 4.69) is 50.2 Å². The Hall–Kier alpha value is -2.99. The fourth-order valence-electron chi connectivity index (χ4n) is 4.86. The summed E-state index contributed by atoms with van der Waals surface area (Å²) in [7, 11) is 0. The molecule has 6 nitrogen and oxygen atoms in total. The molecule has 6 heteroatoms. The van der Waals surface area contributed by atoms with Crippen LogP contribution in [0.1, 0.15) is 44.9 Å². The normalized spacial score (nSPS) is 17.9. The second kappa shape index (κ2) is 9.65. The number of fused-ring (bicyclic) bond motifs is 1.